The van der Waals surface area contributed by atoms with Crippen molar-refractivity contribution in [3.05, 3.63) is 5.89 Å². The zero-order chi connectivity index (χ0) is 16.5. The Bertz CT molecular complexity index is 520. The highest BCUT2D eigenvalue weighted by Gasteiger charge is 2.29. The van der Waals surface area contributed by atoms with Crippen LogP contribution in [-0.2, 0) is 10.2 Å². The van der Waals surface area contributed by atoms with Crippen LogP contribution in [0, 0.1) is 0 Å². The van der Waals surface area contributed by atoms with Crippen molar-refractivity contribution in [1.82, 2.24) is 15.1 Å². The van der Waals surface area contributed by atoms with Gasteiger partial charge < -0.3 is 19.0 Å². The molecule has 22 heavy (non-hydrogen) atoms. The van der Waals surface area contributed by atoms with Crippen LogP contribution in [0.4, 0.5) is 10.8 Å². The van der Waals surface area contributed by atoms with Gasteiger partial charge >= 0.3 is 12.1 Å². The number of piperazine rings is 1. The summed E-state index contributed by atoms with van der Waals surface area (Å²) in [6, 6.07) is 0.522. The summed E-state index contributed by atoms with van der Waals surface area (Å²) in [6.07, 6.45) is -0.270. The lowest BCUT2D eigenvalue weighted by atomic mass is 9.97. The lowest BCUT2D eigenvalue weighted by Gasteiger charge is -2.34. The van der Waals surface area contributed by atoms with Gasteiger partial charge in [-0.25, -0.2) is 4.79 Å². The smallest absolute Gasteiger partial charge is 0.410 e. The molecule has 0 bridgehead atoms. The molecule has 1 aliphatic rings. The van der Waals surface area contributed by atoms with E-state index >= 15 is 0 Å². The molecule has 1 aromatic rings. The van der Waals surface area contributed by atoms with Gasteiger partial charge in [0.2, 0.25) is 5.89 Å². The van der Waals surface area contributed by atoms with E-state index in [1.807, 2.05) is 46.4 Å². The molecule has 1 fully saturated rings. The van der Waals surface area contributed by atoms with Gasteiger partial charge in [0.05, 0.1) is 0 Å². The predicted molar refractivity (Wildman–Crippen MR) is 83.0 cm³/mol. The van der Waals surface area contributed by atoms with Crippen LogP contribution in [0.2, 0.25) is 0 Å². The van der Waals surface area contributed by atoms with E-state index in [1.165, 1.54) is 0 Å². The molecule has 0 spiro atoms. The van der Waals surface area contributed by atoms with Crippen LogP contribution in [0.5, 0.6) is 0 Å². The molecule has 1 aliphatic heterocycles. The van der Waals surface area contributed by atoms with Crippen LogP contribution in [0.25, 0.3) is 0 Å². The molecule has 7 heteroatoms. The maximum Gasteiger partial charge on any atom is 0.410 e. The Labute approximate surface area is 131 Å². The predicted octanol–water partition coefficient (Wildman–Crippen LogP) is 2.42. The van der Waals surface area contributed by atoms with Gasteiger partial charge in [0, 0.05) is 31.6 Å². The Morgan fingerprint density at radius 3 is 2.09 bits per heavy atom. The molecular weight excluding hydrogens is 284 g/mol. The first-order valence-corrected chi connectivity index (χ1v) is 7.63. The summed E-state index contributed by atoms with van der Waals surface area (Å²) in [4.78, 5) is 15.7. The number of anilines is 1. The summed E-state index contributed by atoms with van der Waals surface area (Å²) >= 11 is 0. The molecule has 2 rings (SSSR count). The summed E-state index contributed by atoms with van der Waals surface area (Å²) in [7, 11) is 0. The van der Waals surface area contributed by atoms with Crippen molar-refractivity contribution in [2.45, 2.75) is 52.6 Å². The van der Waals surface area contributed by atoms with Crippen molar-refractivity contribution in [3.8, 4) is 0 Å². The lowest BCUT2D eigenvalue weighted by molar-refractivity contribution is 0.0239. The molecule has 1 aromatic heterocycles. The molecule has 0 unspecified atom stereocenters. The summed E-state index contributed by atoms with van der Waals surface area (Å²) in [5, 5.41) is 8.21. The van der Waals surface area contributed by atoms with E-state index in [2.05, 4.69) is 10.2 Å². The Morgan fingerprint density at radius 1 is 1.05 bits per heavy atom. The van der Waals surface area contributed by atoms with E-state index in [9.17, 15) is 4.79 Å². The zero-order valence-electron chi connectivity index (χ0n) is 14.3. The van der Waals surface area contributed by atoms with E-state index in [0.29, 0.717) is 38.1 Å². The van der Waals surface area contributed by atoms with E-state index < -0.39 is 5.60 Å². The Hall–Kier alpha value is -1.79. The monoisotopic (exact) mass is 310 g/mol. The molecule has 0 saturated carbocycles. The molecule has 0 N–H and O–H groups in total. The summed E-state index contributed by atoms with van der Waals surface area (Å²) in [6.45, 7) is 14.2. The standard InChI is InChI=1S/C15H26N4O3/c1-14(2,3)11-16-17-12(21-11)18-7-9-19(10-8-18)13(20)22-15(4,5)6/h7-10H2,1-6H3. The number of carbonyl (C=O) groups is 1. The van der Waals surface area contributed by atoms with Crippen LogP contribution in [0.3, 0.4) is 0 Å². The minimum Gasteiger partial charge on any atom is -0.444 e. The molecule has 1 saturated heterocycles. The van der Waals surface area contributed by atoms with Crippen LogP contribution < -0.4 is 4.90 Å². The Balaban J connectivity index is 1.92. The van der Waals surface area contributed by atoms with Gasteiger partial charge in [-0.15, -0.1) is 5.10 Å². The summed E-state index contributed by atoms with van der Waals surface area (Å²) in [5.41, 5.74) is -0.633. The van der Waals surface area contributed by atoms with Gasteiger partial charge in [-0.1, -0.05) is 25.9 Å². The number of carbonyl (C=O) groups excluding carboxylic acids is 1. The normalized spacial score (nSPS) is 16.8. The number of amides is 1. The maximum absolute atomic E-state index is 12.0. The van der Waals surface area contributed by atoms with Gasteiger partial charge in [0.25, 0.3) is 0 Å². The second-order valence-electron chi connectivity index (χ2n) is 7.59. The minimum absolute atomic E-state index is 0.163. The van der Waals surface area contributed by atoms with E-state index in [-0.39, 0.29) is 11.5 Å². The lowest BCUT2D eigenvalue weighted by Crippen LogP contribution is -2.50. The number of nitrogens with zero attached hydrogens (tertiary/aromatic N) is 4. The van der Waals surface area contributed by atoms with Crippen molar-refractivity contribution in [1.29, 1.82) is 0 Å². The van der Waals surface area contributed by atoms with Gasteiger partial charge in [-0.3, -0.25) is 0 Å². The van der Waals surface area contributed by atoms with Gasteiger partial charge in [0.15, 0.2) is 0 Å². The van der Waals surface area contributed by atoms with Gasteiger partial charge in [-0.2, -0.15) is 0 Å². The third-order valence-corrected chi connectivity index (χ3v) is 3.26. The first-order valence-electron chi connectivity index (χ1n) is 7.63. The Kier molecular flexibility index (Phi) is 4.35. The topological polar surface area (TPSA) is 71.7 Å². The quantitative estimate of drug-likeness (QED) is 0.793. The van der Waals surface area contributed by atoms with Crippen molar-refractivity contribution in [2.75, 3.05) is 31.1 Å². The Morgan fingerprint density at radius 2 is 1.64 bits per heavy atom. The summed E-state index contributed by atoms with van der Waals surface area (Å²) < 4.78 is 11.1. The van der Waals surface area contributed by atoms with Crippen molar-refractivity contribution in [2.24, 2.45) is 0 Å². The van der Waals surface area contributed by atoms with E-state index in [1.54, 1.807) is 4.90 Å². The van der Waals surface area contributed by atoms with Crippen molar-refractivity contribution in [3.63, 3.8) is 0 Å². The number of hydrogen-bond donors (Lipinski definition) is 0. The number of aromatic nitrogens is 2. The molecule has 0 radical (unpaired) electrons. The molecule has 0 aliphatic carbocycles. The molecule has 2 heterocycles. The van der Waals surface area contributed by atoms with Crippen LogP contribution in [0.1, 0.15) is 47.4 Å². The highest BCUT2D eigenvalue weighted by atomic mass is 16.6. The average Bonchev–Trinajstić information content (AvgIpc) is 2.86. The average molecular weight is 310 g/mol. The largest absolute Gasteiger partial charge is 0.444 e. The molecule has 0 atom stereocenters. The fourth-order valence-electron chi connectivity index (χ4n) is 2.05. The molecule has 1 amide bonds. The highest BCUT2D eigenvalue weighted by Crippen LogP contribution is 2.24. The molecule has 124 valence electrons. The molecular formula is C15H26N4O3. The minimum atomic E-state index is -0.470. The van der Waals surface area contributed by atoms with Crippen molar-refractivity contribution < 1.29 is 13.9 Å². The van der Waals surface area contributed by atoms with Gasteiger partial charge in [-0.05, 0) is 20.8 Å². The second-order valence-corrected chi connectivity index (χ2v) is 7.59. The number of hydrogen-bond acceptors (Lipinski definition) is 6. The highest BCUT2D eigenvalue weighted by molar-refractivity contribution is 5.68. The summed E-state index contributed by atoms with van der Waals surface area (Å²) in [5.74, 6) is 0.622. The van der Waals surface area contributed by atoms with Crippen LogP contribution in [-0.4, -0.2) is 53.0 Å². The van der Waals surface area contributed by atoms with E-state index in [0.717, 1.165) is 0 Å². The van der Waals surface area contributed by atoms with E-state index in [4.69, 9.17) is 9.15 Å². The van der Waals surface area contributed by atoms with Gasteiger partial charge in [0.1, 0.15) is 5.60 Å². The molecule has 7 nitrogen and oxygen atoms in total. The zero-order valence-corrected chi connectivity index (χ0v) is 14.3. The number of rotatable bonds is 1. The van der Waals surface area contributed by atoms with Crippen LogP contribution >= 0.6 is 0 Å². The SMILES string of the molecule is CC(C)(C)OC(=O)N1CCN(c2nnc(C(C)(C)C)o2)CC1. The fourth-order valence-corrected chi connectivity index (χ4v) is 2.05. The first-order chi connectivity index (χ1) is 10.1. The first kappa shape index (κ1) is 16.6. The third-order valence-electron chi connectivity index (χ3n) is 3.26. The van der Waals surface area contributed by atoms with Crippen molar-refractivity contribution >= 4 is 12.1 Å². The fraction of sp³-hybridized carbons (Fsp3) is 0.800. The maximum atomic E-state index is 12.0. The van der Waals surface area contributed by atoms with Crippen LogP contribution in [0.15, 0.2) is 4.42 Å². The second kappa shape index (κ2) is 5.78. The third kappa shape index (κ3) is 4.11. The molecule has 0 aromatic carbocycles. The number of ether oxygens (including phenoxy) is 1.